The molecule has 2 N–H and O–H groups in total. The lowest BCUT2D eigenvalue weighted by molar-refractivity contribution is 1.13. The lowest BCUT2D eigenvalue weighted by atomic mass is 10.3. The van der Waals surface area contributed by atoms with Gasteiger partial charge in [-0.05, 0) is 24.3 Å². The Morgan fingerprint density at radius 3 is 2.40 bits per heavy atom. The van der Waals surface area contributed by atoms with Crippen LogP contribution in [0.5, 0.6) is 0 Å². The maximum Gasteiger partial charge on any atom is 0.0456 e. The minimum atomic E-state index is -2.72. The highest BCUT2D eigenvalue weighted by molar-refractivity contribution is 5.51. The Labute approximate surface area is 69.7 Å². The highest BCUT2D eigenvalue weighted by Gasteiger charge is 1.91. The van der Waals surface area contributed by atoms with Crippen molar-refractivity contribution in [3.05, 3.63) is 24.3 Å². The lowest BCUT2D eigenvalue weighted by Crippen LogP contribution is -2.08. The molecule has 0 bridgehead atoms. The molecule has 1 rings (SSSR count). The summed E-state index contributed by atoms with van der Waals surface area (Å²) in [5.41, 5.74) is 5.98. The van der Waals surface area contributed by atoms with Crippen molar-refractivity contribution >= 4 is 11.4 Å². The fourth-order valence-corrected chi connectivity index (χ4v) is 0.623. The van der Waals surface area contributed by atoms with Crippen molar-refractivity contribution in [1.82, 2.24) is 0 Å². The molecule has 0 saturated heterocycles. The summed E-state index contributed by atoms with van der Waals surface area (Å²) < 4.78 is 43.2. The molecule has 0 unspecified atom stereocenters. The van der Waals surface area contributed by atoms with Crippen LogP contribution in [0.15, 0.2) is 24.3 Å². The number of nitrogens with zero attached hydrogens (tertiary/aromatic N) is 1. The van der Waals surface area contributed by atoms with Crippen LogP contribution >= 0.6 is 0 Å². The number of benzene rings is 1. The van der Waals surface area contributed by atoms with Crippen LogP contribution in [0.2, 0.25) is 0 Å². The second kappa shape index (κ2) is 2.60. The summed E-state index contributed by atoms with van der Waals surface area (Å²) >= 11 is 0. The molecule has 0 aliphatic heterocycles. The summed E-state index contributed by atoms with van der Waals surface area (Å²) in [6.07, 6.45) is 0. The molecular formula is C8H12N2. The van der Waals surface area contributed by atoms with Crippen molar-refractivity contribution in [2.45, 2.75) is 0 Å². The maximum absolute atomic E-state index is 7.20. The highest BCUT2D eigenvalue weighted by Crippen LogP contribution is 2.12. The average Bonchev–Trinajstić information content (AvgIpc) is 2.03. The predicted octanol–water partition coefficient (Wildman–Crippen LogP) is 1.33. The molecule has 0 heterocycles. The van der Waals surface area contributed by atoms with Gasteiger partial charge in [0.1, 0.15) is 0 Å². The quantitative estimate of drug-likeness (QED) is 0.599. The zero-order chi connectivity index (χ0) is 12.6. The summed E-state index contributed by atoms with van der Waals surface area (Å²) in [6.45, 7) is -5.44. The van der Waals surface area contributed by atoms with E-state index < -0.39 is 14.0 Å². The smallest absolute Gasteiger partial charge is 0.0456 e. The largest absolute Gasteiger partial charge is 0.399 e. The van der Waals surface area contributed by atoms with Crippen molar-refractivity contribution in [1.29, 1.82) is 0 Å². The molecular weight excluding hydrogens is 124 g/mol. The normalized spacial score (nSPS) is 20.8. The summed E-state index contributed by atoms with van der Waals surface area (Å²) in [7, 11) is 0. The van der Waals surface area contributed by atoms with Gasteiger partial charge in [-0.15, -0.1) is 0 Å². The molecule has 54 valence electrons. The van der Waals surface area contributed by atoms with Crippen molar-refractivity contribution < 1.29 is 8.22 Å². The van der Waals surface area contributed by atoms with Gasteiger partial charge in [-0.3, -0.25) is 0 Å². The number of anilines is 2. The van der Waals surface area contributed by atoms with Gasteiger partial charge < -0.3 is 10.6 Å². The molecule has 0 amide bonds. The number of rotatable bonds is 1. The monoisotopic (exact) mass is 142 g/mol. The molecule has 0 fully saturated rings. The van der Waals surface area contributed by atoms with E-state index in [9.17, 15) is 0 Å². The zero-order valence-corrected chi connectivity index (χ0v) is 5.33. The Bertz CT molecular complexity index is 338. The van der Waals surface area contributed by atoms with Crippen molar-refractivity contribution in [2.24, 2.45) is 0 Å². The topological polar surface area (TPSA) is 29.3 Å². The first-order valence-corrected chi connectivity index (χ1v) is 2.78. The highest BCUT2D eigenvalue weighted by atomic mass is 15.1. The van der Waals surface area contributed by atoms with Crippen molar-refractivity contribution in [3.63, 3.8) is 0 Å². The van der Waals surface area contributed by atoms with Gasteiger partial charge in [0.25, 0.3) is 0 Å². The van der Waals surface area contributed by atoms with Gasteiger partial charge >= 0.3 is 0 Å². The third-order valence-corrected chi connectivity index (χ3v) is 1.15. The van der Waals surface area contributed by atoms with Crippen LogP contribution in [0.25, 0.3) is 0 Å². The van der Waals surface area contributed by atoms with E-state index in [1.807, 2.05) is 0 Å². The van der Waals surface area contributed by atoms with Crippen LogP contribution in [0.1, 0.15) is 8.22 Å². The molecule has 0 aliphatic carbocycles. The molecule has 2 nitrogen and oxygen atoms in total. The van der Waals surface area contributed by atoms with Gasteiger partial charge in [0.15, 0.2) is 0 Å². The van der Waals surface area contributed by atoms with Gasteiger partial charge in [0, 0.05) is 33.6 Å². The Morgan fingerprint density at radius 1 is 1.30 bits per heavy atom. The molecule has 0 aromatic heterocycles. The van der Waals surface area contributed by atoms with E-state index in [-0.39, 0.29) is 5.69 Å². The predicted molar refractivity (Wildman–Crippen MR) is 45.2 cm³/mol. The van der Waals surface area contributed by atoms with Crippen LogP contribution < -0.4 is 10.6 Å². The summed E-state index contributed by atoms with van der Waals surface area (Å²) in [4.78, 5) is 0.416. The molecule has 1 aromatic carbocycles. The van der Waals surface area contributed by atoms with Gasteiger partial charge in [-0.25, -0.2) is 0 Å². The number of hydrogen-bond donors (Lipinski definition) is 1. The van der Waals surface area contributed by atoms with Gasteiger partial charge in [0.05, 0.1) is 0 Å². The fourth-order valence-electron chi connectivity index (χ4n) is 0.623. The van der Waals surface area contributed by atoms with E-state index in [2.05, 4.69) is 0 Å². The average molecular weight is 142 g/mol. The van der Waals surface area contributed by atoms with Gasteiger partial charge in [-0.2, -0.15) is 0 Å². The number of nitrogen functional groups attached to an aromatic ring is 1. The second-order valence-corrected chi connectivity index (χ2v) is 1.93. The van der Waals surface area contributed by atoms with Gasteiger partial charge in [-0.1, -0.05) is 0 Å². The van der Waals surface area contributed by atoms with Crippen LogP contribution in [0.4, 0.5) is 11.4 Å². The Hall–Kier alpha value is -1.18. The maximum atomic E-state index is 7.20. The first-order chi connectivity index (χ1) is 7.12. The molecule has 0 atom stereocenters. The Balaban J connectivity index is 3.18. The first-order valence-electron chi connectivity index (χ1n) is 5.78. The summed E-state index contributed by atoms with van der Waals surface area (Å²) in [5, 5.41) is 0. The number of hydrogen-bond acceptors (Lipinski definition) is 2. The number of nitrogens with two attached hydrogens (primary N) is 1. The molecule has 1 aromatic rings. The molecule has 0 aliphatic rings. The lowest BCUT2D eigenvalue weighted by Gasteiger charge is -2.11. The van der Waals surface area contributed by atoms with E-state index in [0.29, 0.717) is 10.6 Å². The molecule has 10 heavy (non-hydrogen) atoms. The van der Waals surface area contributed by atoms with Crippen LogP contribution in [0, 0.1) is 0 Å². The molecule has 0 spiro atoms. The van der Waals surface area contributed by atoms with Crippen LogP contribution in [-0.2, 0) is 0 Å². The van der Waals surface area contributed by atoms with E-state index in [1.165, 1.54) is 24.3 Å². The van der Waals surface area contributed by atoms with E-state index in [0.717, 1.165) is 0 Å². The van der Waals surface area contributed by atoms with Crippen molar-refractivity contribution in [2.75, 3.05) is 24.6 Å². The van der Waals surface area contributed by atoms with Crippen LogP contribution in [-0.4, -0.2) is 14.0 Å². The third kappa shape index (κ3) is 1.41. The standard InChI is InChI=1S/C8H12N2/c1-10(2)8-5-3-7(9)4-6-8/h3-6H,9H2,1-2H3/i1D3,2D3. The molecule has 0 radical (unpaired) electrons. The Kier molecular flexibility index (Phi) is 0.639. The first kappa shape index (κ1) is 2.46. The van der Waals surface area contributed by atoms with Gasteiger partial charge in [0.2, 0.25) is 0 Å². The second-order valence-electron chi connectivity index (χ2n) is 1.93. The minimum Gasteiger partial charge on any atom is -0.399 e. The zero-order valence-electron chi connectivity index (χ0n) is 11.3. The Morgan fingerprint density at radius 2 is 1.90 bits per heavy atom. The summed E-state index contributed by atoms with van der Waals surface area (Å²) in [6, 6.07) is 5.65. The van der Waals surface area contributed by atoms with Crippen LogP contribution in [0.3, 0.4) is 0 Å². The van der Waals surface area contributed by atoms with E-state index in [1.54, 1.807) is 0 Å². The van der Waals surface area contributed by atoms with E-state index in [4.69, 9.17) is 14.0 Å². The minimum absolute atomic E-state index is 0.0919. The summed E-state index contributed by atoms with van der Waals surface area (Å²) in [5.74, 6) is 0. The fraction of sp³-hybridized carbons (Fsp3) is 0.250. The molecule has 2 heteroatoms. The third-order valence-electron chi connectivity index (χ3n) is 1.15. The molecule has 0 saturated carbocycles. The van der Waals surface area contributed by atoms with Crippen molar-refractivity contribution in [3.8, 4) is 0 Å². The SMILES string of the molecule is [2H]C([2H])([2H])N(c1ccc(N)cc1)C([2H])([2H])[2H]. The van der Waals surface area contributed by atoms with E-state index >= 15 is 0 Å².